The molecule has 2 amide bonds. The second-order valence-corrected chi connectivity index (χ2v) is 10.1. The number of aryl methyl sites for hydroxylation is 1. The lowest BCUT2D eigenvalue weighted by Crippen LogP contribution is -2.27. The number of nitrogens with zero attached hydrogens (tertiary/aromatic N) is 1. The molecular formula is C28H25ClN2O4S2. The van der Waals surface area contributed by atoms with Crippen LogP contribution in [0.3, 0.4) is 0 Å². The molecule has 1 aliphatic heterocycles. The third-order valence-electron chi connectivity index (χ3n) is 5.43. The van der Waals surface area contributed by atoms with E-state index >= 15 is 0 Å². The third kappa shape index (κ3) is 6.52. The fourth-order valence-electron chi connectivity index (χ4n) is 3.65. The van der Waals surface area contributed by atoms with Crippen LogP contribution in [-0.4, -0.2) is 29.3 Å². The molecule has 0 radical (unpaired) electrons. The molecule has 0 aliphatic carbocycles. The summed E-state index contributed by atoms with van der Waals surface area (Å²) in [6.07, 6.45) is 2.64. The Morgan fingerprint density at radius 2 is 1.81 bits per heavy atom. The topological polar surface area (TPSA) is 67.9 Å². The first-order valence-electron chi connectivity index (χ1n) is 11.7. The van der Waals surface area contributed by atoms with E-state index in [0.29, 0.717) is 38.5 Å². The smallest absolute Gasteiger partial charge is 0.270 e. The number of nitrogens with one attached hydrogen (secondary N) is 1. The zero-order valence-corrected chi connectivity index (χ0v) is 22.7. The normalized spacial score (nSPS) is 14.2. The summed E-state index contributed by atoms with van der Waals surface area (Å²) < 4.78 is 11.9. The van der Waals surface area contributed by atoms with E-state index in [1.807, 2.05) is 61.5 Å². The maximum atomic E-state index is 13.1. The van der Waals surface area contributed by atoms with Gasteiger partial charge in [0, 0.05) is 5.69 Å². The zero-order valence-electron chi connectivity index (χ0n) is 20.3. The van der Waals surface area contributed by atoms with Gasteiger partial charge in [0.05, 0.1) is 22.2 Å². The summed E-state index contributed by atoms with van der Waals surface area (Å²) in [7, 11) is 0. The van der Waals surface area contributed by atoms with Gasteiger partial charge in [-0.3, -0.25) is 14.5 Å². The van der Waals surface area contributed by atoms with Gasteiger partial charge in [0.25, 0.3) is 11.8 Å². The Morgan fingerprint density at radius 1 is 1.08 bits per heavy atom. The standard InChI is InChI=1S/C28H25ClN2O4S2/c1-3-18-10-12-20(13-11-18)30-25(32)17-35-26-22(29)14-19(15-23(26)34-4-2)16-24-27(33)31(28(36)37-24)21-8-6-5-7-9-21/h5-16H,3-4,17H2,1-2H3,(H,30,32)/b24-16-. The highest BCUT2D eigenvalue weighted by molar-refractivity contribution is 8.27. The van der Waals surface area contributed by atoms with Crippen LogP contribution in [0.15, 0.2) is 71.6 Å². The second-order valence-electron chi connectivity index (χ2n) is 8.00. The molecule has 4 rings (SSSR count). The molecule has 0 bridgehead atoms. The lowest BCUT2D eigenvalue weighted by atomic mass is 10.1. The Hall–Kier alpha value is -3.33. The van der Waals surface area contributed by atoms with E-state index in [4.69, 9.17) is 33.3 Å². The number of thiocarbonyl (C=S) groups is 1. The van der Waals surface area contributed by atoms with Crippen molar-refractivity contribution in [1.29, 1.82) is 0 Å². The first kappa shape index (κ1) is 26.7. The number of amides is 2. The number of hydrogen-bond acceptors (Lipinski definition) is 6. The van der Waals surface area contributed by atoms with Gasteiger partial charge in [-0.25, -0.2) is 0 Å². The first-order chi connectivity index (χ1) is 17.9. The minimum absolute atomic E-state index is 0.209. The Kier molecular flexibility index (Phi) is 8.87. The number of carbonyl (C=O) groups excluding carboxylic acids is 2. The van der Waals surface area contributed by atoms with Crippen LogP contribution in [-0.2, 0) is 16.0 Å². The van der Waals surface area contributed by atoms with Crippen molar-refractivity contribution < 1.29 is 19.1 Å². The maximum Gasteiger partial charge on any atom is 0.270 e. The van der Waals surface area contributed by atoms with Crippen molar-refractivity contribution >= 4 is 69.2 Å². The minimum Gasteiger partial charge on any atom is -0.490 e. The largest absolute Gasteiger partial charge is 0.490 e. The highest BCUT2D eigenvalue weighted by Gasteiger charge is 2.33. The number of ether oxygens (including phenoxy) is 2. The van der Waals surface area contributed by atoms with Crippen molar-refractivity contribution in [2.24, 2.45) is 0 Å². The Labute approximate surface area is 230 Å². The maximum absolute atomic E-state index is 13.1. The minimum atomic E-state index is -0.323. The summed E-state index contributed by atoms with van der Waals surface area (Å²) in [5, 5.41) is 3.07. The molecule has 1 aliphatic rings. The SMILES string of the molecule is CCOc1cc(/C=C2\SC(=S)N(c3ccccc3)C2=O)cc(Cl)c1OCC(=O)Nc1ccc(CC)cc1. The average molecular weight is 553 g/mol. The molecule has 3 aromatic rings. The summed E-state index contributed by atoms with van der Waals surface area (Å²) in [6.45, 7) is 4.02. The van der Waals surface area contributed by atoms with E-state index in [-0.39, 0.29) is 29.2 Å². The molecule has 1 fully saturated rings. The van der Waals surface area contributed by atoms with Crippen LogP contribution in [0.5, 0.6) is 11.5 Å². The van der Waals surface area contributed by atoms with E-state index < -0.39 is 0 Å². The number of para-hydroxylation sites is 1. The van der Waals surface area contributed by atoms with Crippen LogP contribution in [0.2, 0.25) is 5.02 Å². The Balaban J connectivity index is 1.50. The zero-order chi connectivity index (χ0) is 26.4. The highest BCUT2D eigenvalue weighted by atomic mass is 35.5. The summed E-state index contributed by atoms with van der Waals surface area (Å²) in [5.74, 6) is 0.101. The molecule has 0 saturated carbocycles. The third-order valence-corrected chi connectivity index (χ3v) is 7.01. The number of hydrogen-bond donors (Lipinski definition) is 1. The lowest BCUT2D eigenvalue weighted by Gasteiger charge is -2.15. The van der Waals surface area contributed by atoms with E-state index in [2.05, 4.69) is 12.2 Å². The summed E-state index contributed by atoms with van der Waals surface area (Å²) in [6, 6.07) is 20.3. The second kappa shape index (κ2) is 12.3. The predicted molar refractivity (Wildman–Crippen MR) is 155 cm³/mol. The van der Waals surface area contributed by atoms with Crippen molar-refractivity contribution in [3.05, 3.63) is 87.8 Å². The van der Waals surface area contributed by atoms with E-state index in [1.54, 1.807) is 18.2 Å². The van der Waals surface area contributed by atoms with Crippen molar-refractivity contribution in [1.82, 2.24) is 0 Å². The Bertz CT molecular complexity index is 1340. The number of rotatable bonds is 9. The van der Waals surface area contributed by atoms with Crippen LogP contribution in [0, 0.1) is 0 Å². The summed E-state index contributed by atoms with van der Waals surface area (Å²) >= 11 is 13.2. The average Bonchev–Trinajstić information content (AvgIpc) is 3.17. The molecule has 1 saturated heterocycles. The van der Waals surface area contributed by atoms with Crippen molar-refractivity contribution in [3.63, 3.8) is 0 Å². The molecule has 6 nitrogen and oxygen atoms in total. The Morgan fingerprint density at radius 3 is 2.49 bits per heavy atom. The van der Waals surface area contributed by atoms with Crippen LogP contribution in [0.1, 0.15) is 25.0 Å². The number of benzene rings is 3. The van der Waals surface area contributed by atoms with Crippen LogP contribution in [0.4, 0.5) is 11.4 Å². The van der Waals surface area contributed by atoms with Gasteiger partial charge in [0.1, 0.15) is 0 Å². The van der Waals surface area contributed by atoms with Crippen LogP contribution < -0.4 is 19.7 Å². The molecule has 9 heteroatoms. The predicted octanol–water partition coefficient (Wildman–Crippen LogP) is 6.72. The molecule has 0 atom stereocenters. The van der Waals surface area contributed by atoms with Crippen molar-refractivity contribution in [2.75, 3.05) is 23.4 Å². The molecule has 0 aromatic heterocycles. The summed E-state index contributed by atoms with van der Waals surface area (Å²) in [4.78, 5) is 27.5. The van der Waals surface area contributed by atoms with Gasteiger partial charge in [-0.2, -0.15) is 0 Å². The molecule has 3 aromatic carbocycles. The van der Waals surface area contributed by atoms with Gasteiger partial charge in [-0.1, -0.05) is 72.8 Å². The molecular weight excluding hydrogens is 528 g/mol. The van der Waals surface area contributed by atoms with Crippen molar-refractivity contribution in [3.8, 4) is 11.5 Å². The van der Waals surface area contributed by atoms with Gasteiger partial charge < -0.3 is 14.8 Å². The molecule has 0 unspecified atom stereocenters. The van der Waals surface area contributed by atoms with Gasteiger partial charge in [-0.05, 0) is 66.9 Å². The van der Waals surface area contributed by atoms with E-state index in [1.165, 1.54) is 22.2 Å². The van der Waals surface area contributed by atoms with Gasteiger partial charge in [-0.15, -0.1) is 0 Å². The number of halogens is 1. The molecule has 37 heavy (non-hydrogen) atoms. The van der Waals surface area contributed by atoms with Crippen molar-refractivity contribution in [2.45, 2.75) is 20.3 Å². The highest BCUT2D eigenvalue weighted by Crippen LogP contribution is 2.40. The lowest BCUT2D eigenvalue weighted by molar-refractivity contribution is -0.118. The summed E-state index contributed by atoms with van der Waals surface area (Å²) in [5.41, 5.74) is 3.23. The fraction of sp³-hybridized carbons (Fsp3) is 0.179. The molecule has 0 spiro atoms. The molecule has 1 heterocycles. The first-order valence-corrected chi connectivity index (χ1v) is 13.3. The van der Waals surface area contributed by atoms with Gasteiger partial charge in [0.2, 0.25) is 0 Å². The number of carbonyl (C=O) groups is 2. The number of thioether (sulfide) groups is 1. The molecule has 190 valence electrons. The fourth-order valence-corrected chi connectivity index (χ4v) is 5.22. The van der Waals surface area contributed by atoms with Gasteiger partial charge >= 0.3 is 0 Å². The molecule has 1 N–H and O–H groups in total. The van der Waals surface area contributed by atoms with Gasteiger partial charge in [0.15, 0.2) is 22.4 Å². The van der Waals surface area contributed by atoms with Crippen LogP contribution >= 0.6 is 35.6 Å². The van der Waals surface area contributed by atoms with E-state index in [9.17, 15) is 9.59 Å². The number of anilines is 2. The quantitative estimate of drug-likeness (QED) is 0.235. The van der Waals surface area contributed by atoms with E-state index in [0.717, 1.165) is 6.42 Å². The monoisotopic (exact) mass is 552 g/mol. The van der Waals surface area contributed by atoms with Crippen LogP contribution in [0.25, 0.3) is 6.08 Å².